The van der Waals surface area contributed by atoms with Crippen molar-refractivity contribution in [3.05, 3.63) is 64.7 Å². The average Bonchev–Trinajstić information content (AvgIpc) is 2.71. The number of aryl methyl sites for hydroxylation is 2. The second kappa shape index (κ2) is 4.60. The Bertz CT molecular complexity index is 810. The van der Waals surface area contributed by atoms with Gasteiger partial charge in [0, 0.05) is 22.7 Å². The highest BCUT2D eigenvalue weighted by Gasteiger charge is 2.21. The molecule has 2 aromatic heterocycles. The number of carbonyl (C=O) groups excluding carboxylic acids is 1. The summed E-state index contributed by atoms with van der Waals surface area (Å²) in [6.45, 7) is 5.61. The Morgan fingerprint density at radius 3 is 2.50 bits per heavy atom. The molecule has 0 N–H and O–H groups in total. The smallest absolute Gasteiger partial charge is 0.199 e. The molecule has 0 atom stereocenters. The van der Waals surface area contributed by atoms with Gasteiger partial charge in [-0.25, -0.2) is 0 Å². The first-order valence-electron chi connectivity index (χ1n) is 6.54. The summed E-state index contributed by atoms with van der Waals surface area (Å²) in [5.74, 6) is 1.43. The molecule has 3 nitrogen and oxygen atoms in total. The molecule has 0 aliphatic rings. The summed E-state index contributed by atoms with van der Waals surface area (Å²) < 4.78 is 5.56. The maximum absolute atomic E-state index is 12.8. The van der Waals surface area contributed by atoms with E-state index in [1.165, 1.54) is 0 Å². The molecule has 0 fully saturated rings. The van der Waals surface area contributed by atoms with Crippen molar-refractivity contribution in [1.29, 1.82) is 0 Å². The summed E-state index contributed by atoms with van der Waals surface area (Å²) in [6, 6.07) is 9.49. The molecule has 3 rings (SSSR count). The van der Waals surface area contributed by atoms with Crippen molar-refractivity contribution in [3.63, 3.8) is 0 Å². The second-order valence-corrected chi connectivity index (χ2v) is 4.92. The highest BCUT2D eigenvalue weighted by Crippen LogP contribution is 2.26. The summed E-state index contributed by atoms with van der Waals surface area (Å²) in [4.78, 5) is 17.2. The molecule has 0 aliphatic carbocycles. The predicted molar refractivity (Wildman–Crippen MR) is 78.1 cm³/mol. The van der Waals surface area contributed by atoms with Crippen LogP contribution in [0.5, 0.6) is 0 Å². The van der Waals surface area contributed by atoms with Crippen LogP contribution in [0.25, 0.3) is 10.9 Å². The fraction of sp³-hybridized carbons (Fsp3) is 0.176. The Hall–Kier alpha value is -2.42. The van der Waals surface area contributed by atoms with Gasteiger partial charge in [-0.1, -0.05) is 18.2 Å². The molecule has 0 radical (unpaired) electrons. The van der Waals surface area contributed by atoms with E-state index in [0.29, 0.717) is 16.9 Å². The standard InChI is InChI=1S/C17H15NO2/c1-10-11(2)20-12(3)15(10)17(19)14-8-4-6-13-7-5-9-18-16(13)14/h4-9H,1-3H3. The fourth-order valence-electron chi connectivity index (χ4n) is 2.55. The van der Waals surface area contributed by atoms with Crippen LogP contribution in [0.3, 0.4) is 0 Å². The molecule has 0 aliphatic heterocycles. The SMILES string of the molecule is Cc1oc(C)c(C(=O)c2cccc3cccnc23)c1C. The summed E-state index contributed by atoms with van der Waals surface area (Å²) >= 11 is 0. The molecule has 0 saturated heterocycles. The maximum atomic E-state index is 12.8. The predicted octanol–water partition coefficient (Wildman–Crippen LogP) is 3.98. The fourth-order valence-corrected chi connectivity index (χ4v) is 2.55. The number of rotatable bonds is 2. The molecule has 3 aromatic rings. The lowest BCUT2D eigenvalue weighted by atomic mass is 9.97. The van der Waals surface area contributed by atoms with Crippen LogP contribution in [-0.2, 0) is 0 Å². The van der Waals surface area contributed by atoms with Crippen molar-refractivity contribution < 1.29 is 9.21 Å². The third-order valence-corrected chi connectivity index (χ3v) is 3.67. The Morgan fingerprint density at radius 2 is 1.80 bits per heavy atom. The molecule has 3 heteroatoms. The number of hydrogen-bond donors (Lipinski definition) is 0. The normalized spacial score (nSPS) is 10.9. The highest BCUT2D eigenvalue weighted by atomic mass is 16.3. The van der Waals surface area contributed by atoms with Crippen LogP contribution in [0.1, 0.15) is 33.0 Å². The first kappa shape index (κ1) is 12.6. The van der Waals surface area contributed by atoms with Crippen molar-refractivity contribution in [3.8, 4) is 0 Å². The topological polar surface area (TPSA) is 43.1 Å². The van der Waals surface area contributed by atoms with Crippen molar-refractivity contribution >= 4 is 16.7 Å². The Labute approximate surface area is 117 Å². The number of ketones is 1. The van der Waals surface area contributed by atoms with Crippen molar-refractivity contribution in [2.24, 2.45) is 0 Å². The van der Waals surface area contributed by atoms with Gasteiger partial charge in [-0.05, 0) is 32.9 Å². The zero-order chi connectivity index (χ0) is 14.3. The van der Waals surface area contributed by atoms with E-state index in [2.05, 4.69) is 4.98 Å². The summed E-state index contributed by atoms with van der Waals surface area (Å²) in [6.07, 6.45) is 1.71. The second-order valence-electron chi connectivity index (χ2n) is 4.92. The van der Waals surface area contributed by atoms with Crippen LogP contribution >= 0.6 is 0 Å². The molecular formula is C17H15NO2. The molecule has 0 spiro atoms. The van der Waals surface area contributed by atoms with Crippen molar-refractivity contribution in [1.82, 2.24) is 4.98 Å². The largest absolute Gasteiger partial charge is 0.466 e. The number of carbonyl (C=O) groups is 1. The number of pyridine rings is 1. The number of fused-ring (bicyclic) bond motifs is 1. The summed E-state index contributed by atoms with van der Waals surface area (Å²) in [7, 11) is 0. The van der Waals surface area contributed by atoms with E-state index in [-0.39, 0.29) is 5.78 Å². The zero-order valence-electron chi connectivity index (χ0n) is 11.7. The van der Waals surface area contributed by atoms with Gasteiger partial charge < -0.3 is 4.42 Å². The average molecular weight is 265 g/mol. The van der Waals surface area contributed by atoms with Gasteiger partial charge >= 0.3 is 0 Å². The molecular weight excluding hydrogens is 250 g/mol. The number of aromatic nitrogens is 1. The quantitative estimate of drug-likeness (QED) is 0.658. The van der Waals surface area contributed by atoms with Crippen LogP contribution in [-0.4, -0.2) is 10.8 Å². The van der Waals surface area contributed by atoms with Crippen LogP contribution in [0.2, 0.25) is 0 Å². The van der Waals surface area contributed by atoms with E-state index in [1.54, 1.807) is 6.20 Å². The van der Waals surface area contributed by atoms with Gasteiger partial charge in [-0.2, -0.15) is 0 Å². The molecule has 100 valence electrons. The first-order valence-corrected chi connectivity index (χ1v) is 6.54. The van der Waals surface area contributed by atoms with E-state index in [9.17, 15) is 4.79 Å². The number of nitrogens with zero attached hydrogens (tertiary/aromatic N) is 1. The first-order chi connectivity index (χ1) is 9.59. The van der Waals surface area contributed by atoms with E-state index in [0.717, 1.165) is 22.2 Å². The van der Waals surface area contributed by atoms with Gasteiger partial charge in [0.15, 0.2) is 5.78 Å². The molecule has 1 aromatic carbocycles. The third kappa shape index (κ3) is 1.83. The Morgan fingerprint density at radius 1 is 1.05 bits per heavy atom. The Balaban J connectivity index is 2.23. The lowest BCUT2D eigenvalue weighted by Gasteiger charge is -2.05. The summed E-state index contributed by atoms with van der Waals surface area (Å²) in [5, 5.41) is 0.967. The van der Waals surface area contributed by atoms with E-state index in [4.69, 9.17) is 4.42 Å². The van der Waals surface area contributed by atoms with Crippen LogP contribution in [0.4, 0.5) is 0 Å². The molecule has 2 heterocycles. The number of para-hydroxylation sites is 1. The third-order valence-electron chi connectivity index (χ3n) is 3.67. The number of furan rings is 1. The molecule has 20 heavy (non-hydrogen) atoms. The maximum Gasteiger partial charge on any atom is 0.199 e. The van der Waals surface area contributed by atoms with E-state index in [1.807, 2.05) is 51.1 Å². The minimum absolute atomic E-state index is 0.0267. The lowest BCUT2D eigenvalue weighted by Crippen LogP contribution is -2.05. The van der Waals surface area contributed by atoms with E-state index >= 15 is 0 Å². The van der Waals surface area contributed by atoms with Gasteiger partial charge in [-0.15, -0.1) is 0 Å². The van der Waals surface area contributed by atoms with Gasteiger partial charge in [0.1, 0.15) is 11.5 Å². The minimum atomic E-state index is -0.0267. The number of hydrogen-bond acceptors (Lipinski definition) is 3. The van der Waals surface area contributed by atoms with Gasteiger partial charge in [0.25, 0.3) is 0 Å². The van der Waals surface area contributed by atoms with Crippen molar-refractivity contribution in [2.45, 2.75) is 20.8 Å². The summed E-state index contributed by atoms with van der Waals surface area (Å²) in [5.41, 5.74) is 2.91. The highest BCUT2D eigenvalue weighted by molar-refractivity contribution is 6.16. The Kier molecular flexibility index (Phi) is 2.90. The minimum Gasteiger partial charge on any atom is -0.466 e. The van der Waals surface area contributed by atoms with Gasteiger partial charge in [0.05, 0.1) is 11.1 Å². The van der Waals surface area contributed by atoms with Crippen LogP contribution in [0.15, 0.2) is 40.9 Å². The molecule has 0 saturated carbocycles. The molecule has 0 bridgehead atoms. The number of benzene rings is 1. The van der Waals surface area contributed by atoms with Crippen molar-refractivity contribution in [2.75, 3.05) is 0 Å². The lowest BCUT2D eigenvalue weighted by molar-refractivity contribution is 0.103. The van der Waals surface area contributed by atoms with Crippen LogP contribution < -0.4 is 0 Å². The van der Waals surface area contributed by atoms with E-state index < -0.39 is 0 Å². The van der Waals surface area contributed by atoms with Gasteiger partial charge in [-0.3, -0.25) is 9.78 Å². The van der Waals surface area contributed by atoms with Gasteiger partial charge in [0.2, 0.25) is 0 Å². The molecule has 0 unspecified atom stereocenters. The molecule has 0 amide bonds. The van der Waals surface area contributed by atoms with Crippen LogP contribution in [0, 0.1) is 20.8 Å². The monoisotopic (exact) mass is 265 g/mol. The zero-order valence-corrected chi connectivity index (χ0v) is 11.7.